The zero-order chi connectivity index (χ0) is 88.5. The normalized spacial score (nSPS) is 16.6. The summed E-state index contributed by atoms with van der Waals surface area (Å²) in [7, 11) is -8.66. The molecule has 0 radical (unpaired) electrons. The van der Waals surface area contributed by atoms with Crippen molar-refractivity contribution in [2.24, 2.45) is 17.4 Å². The van der Waals surface area contributed by atoms with E-state index in [4.69, 9.17) is 84.5 Å². The van der Waals surface area contributed by atoms with E-state index in [-0.39, 0.29) is 90.8 Å². The molecule has 0 unspecified atom stereocenters. The summed E-state index contributed by atoms with van der Waals surface area (Å²) in [6, 6.07) is 42.2. The highest BCUT2D eigenvalue weighted by Crippen LogP contribution is 2.57. The molecule has 8 N–H and O–H groups in total. The molecule has 6 fully saturated rings. The maximum absolute atomic E-state index is 13.0. The van der Waals surface area contributed by atoms with Gasteiger partial charge in [-0.15, -0.1) is 0 Å². The van der Waals surface area contributed by atoms with Crippen molar-refractivity contribution in [3.05, 3.63) is 231 Å². The van der Waals surface area contributed by atoms with Gasteiger partial charge in [-0.3, -0.25) is 29.3 Å². The zero-order valence-electron chi connectivity index (χ0n) is 70.1. The van der Waals surface area contributed by atoms with Crippen LogP contribution in [-0.2, 0) is 105 Å². The highest BCUT2D eigenvalue weighted by molar-refractivity contribution is 7.90. The summed E-state index contributed by atoms with van der Waals surface area (Å²) in [4.78, 5) is 47.3. The van der Waals surface area contributed by atoms with E-state index in [2.05, 4.69) is 46.0 Å². The lowest BCUT2D eigenvalue weighted by Crippen LogP contribution is -2.31. The van der Waals surface area contributed by atoms with E-state index in [0.717, 1.165) is 144 Å². The number of hydrogen-bond donors (Lipinski definition) is 6. The van der Waals surface area contributed by atoms with Gasteiger partial charge in [0.2, 0.25) is 30.1 Å². The molecular formula is C93H107Cl3N8O18S3. The van der Waals surface area contributed by atoms with Gasteiger partial charge in [-0.2, -0.15) is 0 Å². The van der Waals surface area contributed by atoms with Crippen molar-refractivity contribution >= 4 is 82.8 Å². The topological polar surface area (TPSA) is 374 Å². The Morgan fingerprint density at radius 3 is 1.02 bits per heavy atom. The van der Waals surface area contributed by atoms with E-state index in [1.807, 2.05) is 97.5 Å². The van der Waals surface area contributed by atoms with Gasteiger partial charge in [-0.1, -0.05) is 116 Å². The average molecular weight is 1830 g/mol. The first kappa shape index (κ1) is 93.6. The molecule has 6 aliphatic carbocycles. The van der Waals surface area contributed by atoms with Crippen molar-refractivity contribution < 1.29 is 82.6 Å². The number of hydrogen-bond acceptors (Lipinski definition) is 22. The van der Waals surface area contributed by atoms with Gasteiger partial charge in [0.15, 0.2) is 0 Å². The number of aliphatic carboxylic acids is 1. The number of carboxylic acids is 1. The van der Waals surface area contributed by atoms with Crippen LogP contribution in [0.15, 0.2) is 197 Å². The summed E-state index contributed by atoms with van der Waals surface area (Å²) >= 11 is 19.4. The summed E-state index contributed by atoms with van der Waals surface area (Å²) in [5.41, 5.74) is 20.3. The van der Waals surface area contributed by atoms with E-state index in [9.17, 15) is 39.6 Å². The number of ether oxygens (including phenoxy) is 8. The predicted molar refractivity (Wildman–Crippen MR) is 475 cm³/mol. The van der Waals surface area contributed by atoms with Crippen LogP contribution in [-0.4, -0.2) is 127 Å². The van der Waals surface area contributed by atoms with Crippen molar-refractivity contribution in [1.29, 1.82) is 0 Å². The van der Waals surface area contributed by atoms with E-state index in [1.165, 1.54) is 38.5 Å². The fourth-order valence-corrected chi connectivity index (χ4v) is 18.4. The molecule has 26 nitrogen and oxygen atoms in total. The van der Waals surface area contributed by atoms with Gasteiger partial charge >= 0.3 is 17.9 Å². The lowest BCUT2D eigenvalue weighted by Gasteiger charge is -2.22. The number of para-hydroxylation sites is 3. The third-order valence-corrected chi connectivity index (χ3v) is 28.3. The number of rotatable bonds is 45. The van der Waals surface area contributed by atoms with Crippen molar-refractivity contribution in [1.82, 2.24) is 29.1 Å². The number of pyridine rings is 3. The van der Waals surface area contributed by atoms with Gasteiger partial charge in [0, 0.05) is 105 Å². The van der Waals surface area contributed by atoms with Crippen molar-refractivity contribution in [3.63, 3.8) is 0 Å². The Hall–Kier alpha value is -9.02. The number of carbonyl (C=O) groups excluding carboxylic acids is 2. The second-order valence-electron chi connectivity index (χ2n) is 32.5. The molecule has 0 bridgehead atoms. The van der Waals surface area contributed by atoms with Crippen LogP contribution in [0.5, 0.6) is 17.2 Å². The summed E-state index contributed by atoms with van der Waals surface area (Å²) in [5, 5.41) is 10.2. The van der Waals surface area contributed by atoms with Crippen LogP contribution in [0.2, 0.25) is 15.1 Å². The van der Waals surface area contributed by atoms with Crippen LogP contribution >= 0.6 is 34.8 Å². The number of aromatic nitrogens is 3. The Kier molecular flexibility index (Phi) is 31.7. The largest absolute Gasteiger partial charge is 0.490 e. The Morgan fingerprint density at radius 1 is 0.424 bits per heavy atom. The zero-order valence-corrected chi connectivity index (χ0v) is 74.8. The molecule has 3 aromatic heterocycles. The highest BCUT2D eigenvalue weighted by atomic mass is 35.5. The molecule has 15 rings (SSSR count). The number of carbonyl (C=O) groups is 3. The lowest BCUT2D eigenvalue weighted by atomic mass is 9.96. The first-order valence-electron chi connectivity index (χ1n) is 42.4. The van der Waals surface area contributed by atoms with Crippen LogP contribution in [0.1, 0.15) is 175 Å². The fourth-order valence-electron chi connectivity index (χ4n) is 14.5. The van der Waals surface area contributed by atoms with Gasteiger partial charge in [0.25, 0.3) is 0 Å². The number of nitrogens with two attached hydrogens (primary N) is 2. The number of nitrogens with one attached hydrogen (secondary N) is 3. The fraction of sp³-hybridized carbons (Fsp3) is 0.419. The van der Waals surface area contributed by atoms with Gasteiger partial charge in [-0.25, -0.2) is 39.4 Å². The molecule has 6 saturated carbocycles. The van der Waals surface area contributed by atoms with Gasteiger partial charge in [0.05, 0.1) is 89.8 Å². The van der Waals surface area contributed by atoms with E-state index >= 15 is 0 Å². The molecule has 3 atom stereocenters. The molecule has 6 aromatic carbocycles. The quantitative estimate of drug-likeness (QED) is 0.0152. The van der Waals surface area contributed by atoms with E-state index < -0.39 is 70.9 Å². The minimum atomic E-state index is -3.80. The van der Waals surface area contributed by atoms with Crippen molar-refractivity contribution in [2.75, 3.05) is 33.9 Å². The van der Waals surface area contributed by atoms with Crippen LogP contribution in [0.3, 0.4) is 0 Å². The maximum atomic E-state index is 13.0. The van der Waals surface area contributed by atoms with Crippen molar-refractivity contribution in [3.8, 4) is 50.6 Å². The minimum absolute atomic E-state index is 0.0841. The third kappa shape index (κ3) is 25.3. The van der Waals surface area contributed by atoms with Crippen LogP contribution < -0.4 is 39.8 Å². The van der Waals surface area contributed by atoms with Gasteiger partial charge in [0.1, 0.15) is 29.3 Å². The molecule has 0 spiro atoms. The van der Waals surface area contributed by atoms with E-state index in [0.29, 0.717) is 83.1 Å². The number of unbranched alkanes of at least 4 members (excludes halogenated alkanes) is 3. The molecule has 9 aromatic rings. The number of benzene rings is 6. The Labute approximate surface area is 746 Å². The number of halogens is 3. The SMILES string of the molecule is COC(=O)[C@@H](C)CCCCNS(=O)(=O)c1ccc(Cl)c(COC2(c3cnccc3-c3ccccc3OC3CC3)CC2)c1.COC(=O)[C@@H](N)CCCCNS(=O)(=O)c1ccc(Cl)c(COC2(c3cnccc3-c3ccccc3OC3CC3)CC2)c1.N[C@@H](CCCCNS(=O)(=O)c1ccc(Cl)c(COC2(c3cnccc3-c3ccccc3OC3CC3)CC2)c1)C(=O)O. The second kappa shape index (κ2) is 42.3. The number of sulfonamides is 3. The van der Waals surface area contributed by atoms with E-state index in [1.54, 1.807) is 55.8 Å². The molecule has 666 valence electrons. The standard InChI is InChI=1S/C32H37ClN2O6S.C31H36ClN3O6S.C30H34ClN3O6S/c1-22(31(36)39-2)7-5-6-17-35-42(37,38)25-12-13-29(33)23(19-25)21-40-32(15-16-32)28-20-34-18-14-26(28)27-8-3-4-9-30(27)41-24-10-11-24;1-39-30(36)28(33)7-4-5-16-35-42(37,38)23-11-12-27(32)21(18-23)20-40-31(14-15-31)26-19-34-17-13-24(26)25-6-2-3-8-29(25)41-22-9-10-22;31-26-11-10-22(41(37,38)34-15-4-3-6-27(32)29(35)36)17-20(26)19-39-30(13-14-30)25-18-33-16-12-23(25)24-5-1-2-7-28(24)40-21-8-9-21/h3-4,8-9,12-14,18-20,22,24,35H,5-7,10-11,15-17,21H2,1-2H3;2-3,6,8,11-13,17-19,22,28,35H,4-5,7,9-10,14-16,20,33H2,1H3;1-2,5,7,10-12,16-18,21,27,34H,3-4,6,8-9,13-15,19,32H2,(H,35,36)/t22-;28-;27-/m000/s1. The van der Waals surface area contributed by atoms with Gasteiger partial charge in [-0.05, 0) is 240 Å². The first-order valence-corrected chi connectivity index (χ1v) is 48.0. The second-order valence-corrected chi connectivity index (χ2v) is 39.0. The molecule has 3 heterocycles. The van der Waals surface area contributed by atoms with Crippen molar-refractivity contribution in [2.45, 2.75) is 223 Å². The molecule has 0 aliphatic heterocycles. The highest BCUT2D eigenvalue weighted by Gasteiger charge is 2.50. The predicted octanol–water partition coefficient (Wildman–Crippen LogP) is 16.5. The molecule has 6 aliphatic rings. The number of esters is 2. The summed E-state index contributed by atoms with van der Waals surface area (Å²) in [6.45, 7) is 2.87. The van der Waals surface area contributed by atoms with Crippen LogP contribution in [0, 0.1) is 5.92 Å². The number of nitrogens with zero attached hydrogens (tertiary/aromatic N) is 3. The molecule has 32 heteroatoms. The Bertz CT molecular complexity index is 5410. The Morgan fingerprint density at radius 2 is 0.728 bits per heavy atom. The average Bonchev–Trinajstić information content (AvgIpc) is 1.60. The number of methoxy groups -OCH3 is 2. The molecule has 125 heavy (non-hydrogen) atoms. The summed E-state index contributed by atoms with van der Waals surface area (Å²) in [5.74, 6) is 0.530. The monoisotopic (exact) mass is 1820 g/mol. The lowest BCUT2D eigenvalue weighted by molar-refractivity contribution is -0.145. The molecule has 0 amide bonds. The van der Waals surface area contributed by atoms with Crippen LogP contribution in [0.4, 0.5) is 0 Å². The summed E-state index contributed by atoms with van der Waals surface area (Å²) < 4.78 is 133. The van der Waals surface area contributed by atoms with Crippen LogP contribution in [0.25, 0.3) is 33.4 Å². The first-order chi connectivity index (χ1) is 60.1. The Balaban J connectivity index is 0.000000161. The third-order valence-electron chi connectivity index (χ3n) is 22.8. The molecule has 0 saturated heterocycles. The number of carboxylic acid groups (broad SMARTS) is 1. The maximum Gasteiger partial charge on any atom is 0.322 e. The summed E-state index contributed by atoms with van der Waals surface area (Å²) in [6.07, 6.45) is 27.7. The van der Waals surface area contributed by atoms with Gasteiger partial charge < -0.3 is 54.5 Å². The minimum Gasteiger partial charge on any atom is -0.490 e. The smallest absolute Gasteiger partial charge is 0.322 e. The molecular weight excluding hydrogens is 1720 g/mol.